The predicted octanol–water partition coefficient (Wildman–Crippen LogP) is 5.56. The molecule has 45 heavy (non-hydrogen) atoms. The van der Waals surface area contributed by atoms with Gasteiger partial charge in [0.05, 0.1) is 0 Å². The Bertz CT molecular complexity index is 1350. The molecule has 0 saturated carbocycles. The second-order valence-corrected chi connectivity index (χ2v) is 12.3. The summed E-state index contributed by atoms with van der Waals surface area (Å²) in [5, 5.41) is 21.5. The number of hydrogen-bond acceptors (Lipinski definition) is 8. The van der Waals surface area contributed by atoms with Crippen LogP contribution in [0.15, 0.2) is 60.7 Å². The summed E-state index contributed by atoms with van der Waals surface area (Å²) in [5.41, 5.74) is 5.62. The molecule has 3 aromatic rings. The van der Waals surface area contributed by atoms with Crippen molar-refractivity contribution in [2.24, 2.45) is 0 Å². The molecule has 3 aromatic carbocycles. The fourth-order valence-electron chi connectivity index (χ4n) is 4.90. The number of halogens is 1. The predicted molar refractivity (Wildman–Crippen MR) is 186 cm³/mol. The van der Waals surface area contributed by atoms with Gasteiger partial charge in [0.2, 0.25) is 0 Å². The van der Waals surface area contributed by atoms with Gasteiger partial charge in [0.1, 0.15) is 11.5 Å². The van der Waals surface area contributed by atoms with E-state index in [0.717, 1.165) is 11.1 Å². The van der Waals surface area contributed by atoms with E-state index < -0.39 is 0 Å². The summed E-state index contributed by atoms with van der Waals surface area (Å²) in [6, 6.07) is 14.6. The zero-order chi connectivity index (χ0) is 32.6. The monoisotopic (exact) mass is 634 g/mol. The lowest BCUT2D eigenvalue weighted by Crippen LogP contribution is -2.15. The Morgan fingerprint density at radius 1 is 0.533 bits per heavy atom. The van der Waals surface area contributed by atoms with Crippen LogP contribution in [0.2, 0.25) is 0 Å². The van der Waals surface area contributed by atoms with Crippen LogP contribution in [0.3, 0.4) is 0 Å². The zero-order valence-electron chi connectivity index (χ0n) is 27.7. The third kappa shape index (κ3) is 11.3. The van der Waals surface area contributed by atoms with Gasteiger partial charge >= 0.3 is 0 Å². The highest BCUT2D eigenvalue weighted by Crippen LogP contribution is 2.28. The van der Waals surface area contributed by atoms with E-state index in [1.807, 2.05) is 100 Å². The maximum Gasteiger partial charge on any atom is 0.185 e. The minimum Gasteiger partial charge on any atom is -0.507 e. The normalized spacial score (nSPS) is 11.8. The first-order valence-electron chi connectivity index (χ1n) is 14.6. The summed E-state index contributed by atoms with van der Waals surface area (Å²) in [6.07, 6.45) is 6.61. The third-order valence-electron chi connectivity index (χ3n) is 6.84. The minimum absolute atomic E-state index is 0. The third-order valence-corrected chi connectivity index (χ3v) is 6.84. The average Bonchev–Trinajstić information content (AvgIpc) is 2.94. The quantitative estimate of drug-likeness (QED) is 0.176. The lowest BCUT2D eigenvalue weighted by Gasteiger charge is -2.17. The molecule has 242 valence electrons. The first-order valence-corrected chi connectivity index (χ1v) is 14.6. The van der Waals surface area contributed by atoms with Crippen LogP contribution in [-0.2, 0) is 26.2 Å². The van der Waals surface area contributed by atoms with E-state index in [-0.39, 0.29) is 35.5 Å². The van der Waals surface area contributed by atoms with Gasteiger partial charge < -0.3 is 29.8 Å². The summed E-state index contributed by atoms with van der Waals surface area (Å²) < 4.78 is 0. The minimum atomic E-state index is -0.143. The number of carbonyl (C=O) groups is 2. The van der Waals surface area contributed by atoms with E-state index in [1.165, 1.54) is 0 Å². The largest absolute Gasteiger partial charge is 0.507 e. The number of rotatable bonds is 14. The van der Waals surface area contributed by atoms with Gasteiger partial charge in [-0.25, -0.2) is 0 Å². The number of benzene rings is 3. The van der Waals surface area contributed by atoms with Gasteiger partial charge in [-0.2, -0.15) is 0 Å². The van der Waals surface area contributed by atoms with Crippen LogP contribution in [0.1, 0.15) is 54.1 Å². The first-order chi connectivity index (χ1) is 20.7. The van der Waals surface area contributed by atoms with E-state index in [9.17, 15) is 19.8 Å². The molecule has 8 nitrogen and oxygen atoms in total. The SMILES string of the molecule is CN(C)Cc1cc(C(=O)/C=C/c2ccc(/C=C/C(=O)c3cc(CN(C)C)c(O)c(CN(C)C)c3)cc2)cc(CN(C)C)c1O.Cl. The molecule has 2 N–H and O–H groups in total. The molecule has 0 aliphatic heterocycles. The van der Waals surface area contributed by atoms with Gasteiger partial charge in [-0.05, 0) is 104 Å². The van der Waals surface area contributed by atoms with Crippen molar-refractivity contribution < 1.29 is 19.8 Å². The topological polar surface area (TPSA) is 87.6 Å². The fraction of sp³-hybridized carbons (Fsp3) is 0.333. The second kappa shape index (κ2) is 17.1. The van der Waals surface area contributed by atoms with Gasteiger partial charge in [0.15, 0.2) is 11.6 Å². The smallest absolute Gasteiger partial charge is 0.185 e. The second-order valence-electron chi connectivity index (χ2n) is 12.3. The number of phenols is 2. The van der Waals surface area contributed by atoms with Crippen molar-refractivity contribution in [1.29, 1.82) is 0 Å². The molecule has 0 aliphatic rings. The Hall–Kier alpha value is -3.79. The molecule has 0 heterocycles. The number of allylic oxidation sites excluding steroid dienone is 2. The van der Waals surface area contributed by atoms with Gasteiger partial charge in [0.25, 0.3) is 0 Å². The standard InChI is InChI=1S/C36H46N4O4.ClH/c1-37(2)21-29-17-27(18-30(35(29)43)22-38(3)4)33(41)15-13-25-9-11-26(12-10-25)14-16-34(42)28-19-31(23-39(5)6)36(44)32(20-28)24-40(7)8;/h9-20,43-44H,21-24H2,1-8H3;1H/b15-13+,16-14+;. The molecule has 0 atom stereocenters. The fourth-order valence-corrected chi connectivity index (χ4v) is 4.90. The Morgan fingerprint density at radius 2 is 0.778 bits per heavy atom. The molecular weight excluding hydrogens is 588 g/mol. The van der Waals surface area contributed by atoms with Crippen LogP contribution in [0.5, 0.6) is 11.5 Å². The Morgan fingerprint density at radius 3 is 1.00 bits per heavy atom. The van der Waals surface area contributed by atoms with E-state index >= 15 is 0 Å². The highest BCUT2D eigenvalue weighted by molar-refractivity contribution is 6.08. The highest BCUT2D eigenvalue weighted by Gasteiger charge is 2.16. The molecule has 0 aromatic heterocycles. The Kier molecular flexibility index (Phi) is 14.2. The number of phenolic OH excluding ortho intramolecular Hbond substituents is 2. The van der Waals surface area contributed by atoms with Gasteiger partial charge in [0, 0.05) is 59.6 Å². The lowest BCUT2D eigenvalue weighted by atomic mass is 9.99. The summed E-state index contributed by atoms with van der Waals surface area (Å²) in [5.74, 6) is 0.165. The zero-order valence-corrected chi connectivity index (χ0v) is 28.5. The molecule has 0 amide bonds. The van der Waals surface area contributed by atoms with Crippen LogP contribution in [0, 0.1) is 0 Å². The van der Waals surface area contributed by atoms with E-state index in [2.05, 4.69) is 0 Å². The molecule has 0 fully saturated rings. The number of nitrogens with zero attached hydrogens (tertiary/aromatic N) is 4. The molecule has 0 spiro atoms. The highest BCUT2D eigenvalue weighted by atomic mass is 35.5. The summed E-state index contributed by atoms with van der Waals surface area (Å²) in [7, 11) is 15.4. The lowest BCUT2D eigenvalue weighted by molar-refractivity contribution is 0.103. The van der Waals surface area contributed by atoms with Crippen molar-refractivity contribution in [2.45, 2.75) is 26.2 Å². The van der Waals surface area contributed by atoms with Gasteiger partial charge in [-0.1, -0.05) is 36.4 Å². The Labute approximate surface area is 274 Å². The van der Waals surface area contributed by atoms with Crippen molar-refractivity contribution in [1.82, 2.24) is 19.6 Å². The maximum atomic E-state index is 13.1. The van der Waals surface area contributed by atoms with E-state index in [4.69, 9.17) is 0 Å². The van der Waals surface area contributed by atoms with Gasteiger partial charge in [-0.15, -0.1) is 12.4 Å². The molecule has 0 aliphatic carbocycles. The molecule has 0 radical (unpaired) electrons. The van der Waals surface area contributed by atoms with Crippen LogP contribution in [0.4, 0.5) is 0 Å². The molecule has 0 bridgehead atoms. The molecule has 3 rings (SSSR count). The summed E-state index contributed by atoms with van der Waals surface area (Å²) >= 11 is 0. The van der Waals surface area contributed by atoms with Crippen molar-refractivity contribution in [3.63, 3.8) is 0 Å². The number of carbonyl (C=O) groups excluding carboxylic acids is 2. The van der Waals surface area contributed by atoms with Crippen LogP contribution >= 0.6 is 12.4 Å². The van der Waals surface area contributed by atoms with E-state index in [0.29, 0.717) is 59.6 Å². The van der Waals surface area contributed by atoms with Crippen LogP contribution < -0.4 is 0 Å². The van der Waals surface area contributed by atoms with Gasteiger partial charge in [-0.3, -0.25) is 9.59 Å². The molecule has 0 unspecified atom stereocenters. The first kappa shape index (κ1) is 37.4. The number of aromatic hydroxyl groups is 2. The van der Waals surface area contributed by atoms with Crippen molar-refractivity contribution >= 4 is 36.1 Å². The van der Waals surface area contributed by atoms with Crippen LogP contribution in [0.25, 0.3) is 12.2 Å². The number of ketones is 2. The molecular formula is C36H47ClN4O4. The Balaban J connectivity index is 0.00000705. The summed E-state index contributed by atoms with van der Waals surface area (Å²) in [4.78, 5) is 34.0. The summed E-state index contributed by atoms with van der Waals surface area (Å²) in [6.45, 7) is 2.09. The average molecular weight is 635 g/mol. The van der Waals surface area contributed by atoms with Crippen LogP contribution in [-0.4, -0.2) is 97.8 Å². The molecule has 0 saturated heterocycles. The van der Waals surface area contributed by atoms with E-state index in [1.54, 1.807) is 48.6 Å². The van der Waals surface area contributed by atoms with Crippen molar-refractivity contribution in [3.8, 4) is 11.5 Å². The van der Waals surface area contributed by atoms with Crippen molar-refractivity contribution in [3.05, 3.63) is 105 Å². The molecule has 9 heteroatoms. The van der Waals surface area contributed by atoms with Crippen molar-refractivity contribution in [2.75, 3.05) is 56.4 Å². The maximum absolute atomic E-state index is 13.1. The number of hydrogen-bond donors (Lipinski definition) is 2.